The number of fused-ring (bicyclic) bond motifs is 1. The van der Waals surface area contributed by atoms with Gasteiger partial charge in [0.1, 0.15) is 0 Å². The van der Waals surface area contributed by atoms with E-state index in [9.17, 15) is 4.79 Å². The topological polar surface area (TPSA) is 51.4 Å². The molecule has 0 atom stereocenters. The van der Waals surface area contributed by atoms with E-state index >= 15 is 0 Å². The quantitative estimate of drug-likeness (QED) is 0.811. The number of aromatic amines is 1. The molecule has 0 aliphatic heterocycles. The largest absolute Gasteiger partial charge is 0.366 e. The smallest absolute Gasteiger partial charge is 0.253 e. The zero-order valence-corrected chi connectivity index (χ0v) is 15.9. The molecule has 0 saturated carbocycles. The maximum absolute atomic E-state index is 12.5. The van der Waals surface area contributed by atoms with Gasteiger partial charge in [-0.05, 0) is 63.4 Å². The lowest BCUT2D eigenvalue weighted by molar-refractivity contribution is 0.323. The zero-order valence-electron chi connectivity index (χ0n) is 15.1. The van der Waals surface area contributed by atoms with Crippen LogP contribution in [0.25, 0.3) is 10.9 Å². The number of nitrogens with zero attached hydrogens (tertiary/aromatic N) is 2. The lowest BCUT2D eigenvalue weighted by Gasteiger charge is -2.26. The van der Waals surface area contributed by atoms with E-state index in [0.717, 1.165) is 35.1 Å². The van der Waals surface area contributed by atoms with Crippen molar-refractivity contribution in [2.24, 2.45) is 0 Å². The normalized spacial score (nSPS) is 11.1. The van der Waals surface area contributed by atoms with Crippen LogP contribution in [0.3, 0.4) is 0 Å². The highest BCUT2D eigenvalue weighted by Crippen LogP contribution is 2.19. The molecule has 5 nitrogen and oxygen atoms in total. The average molecular weight is 347 g/mol. The summed E-state index contributed by atoms with van der Waals surface area (Å²) >= 11 is 5.39. The molecule has 2 aromatic rings. The first kappa shape index (κ1) is 18.4. The molecule has 24 heavy (non-hydrogen) atoms. The molecule has 0 aliphatic rings. The fourth-order valence-electron chi connectivity index (χ4n) is 2.77. The summed E-state index contributed by atoms with van der Waals surface area (Å²) in [7, 11) is 5.85. The summed E-state index contributed by atoms with van der Waals surface area (Å²) in [4.78, 5) is 19.6. The Balaban J connectivity index is 2.37. The first-order chi connectivity index (χ1) is 11.3. The number of nitrogens with one attached hydrogen (secondary N) is 2. The van der Waals surface area contributed by atoms with Crippen LogP contribution in [0, 0.1) is 13.8 Å². The third-order valence-corrected chi connectivity index (χ3v) is 4.53. The second kappa shape index (κ2) is 7.77. The van der Waals surface area contributed by atoms with Crippen LogP contribution >= 0.6 is 12.2 Å². The van der Waals surface area contributed by atoms with Crippen molar-refractivity contribution in [3.8, 4) is 0 Å². The molecule has 0 spiro atoms. The lowest BCUT2D eigenvalue weighted by Crippen LogP contribution is -2.42. The summed E-state index contributed by atoms with van der Waals surface area (Å²) in [5, 5.41) is 4.74. The number of pyridine rings is 1. The molecular formula is C18H26N4OS. The van der Waals surface area contributed by atoms with E-state index < -0.39 is 0 Å². The van der Waals surface area contributed by atoms with Gasteiger partial charge in [0.2, 0.25) is 0 Å². The molecule has 6 heteroatoms. The molecule has 2 N–H and O–H groups in total. The van der Waals surface area contributed by atoms with Gasteiger partial charge in [0.15, 0.2) is 5.11 Å². The minimum absolute atomic E-state index is 0.0544. The van der Waals surface area contributed by atoms with Gasteiger partial charge in [0.05, 0.1) is 6.54 Å². The van der Waals surface area contributed by atoms with Crippen molar-refractivity contribution in [2.45, 2.75) is 20.4 Å². The van der Waals surface area contributed by atoms with Crippen molar-refractivity contribution in [2.75, 3.05) is 34.2 Å². The minimum Gasteiger partial charge on any atom is -0.366 e. The number of hydrogen-bond donors (Lipinski definition) is 2. The highest BCUT2D eigenvalue weighted by atomic mass is 32.1. The van der Waals surface area contributed by atoms with Crippen LogP contribution in [0.15, 0.2) is 23.0 Å². The van der Waals surface area contributed by atoms with Gasteiger partial charge < -0.3 is 20.1 Å². The highest BCUT2D eigenvalue weighted by molar-refractivity contribution is 7.80. The Kier molecular flexibility index (Phi) is 5.96. The molecule has 0 amide bonds. The maximum atomic E-state index is 12.5. The Morgan fingerprint density at radius 2 is 1.92 bits per heavy atom. The van der Waals surface area contributed by atoms with Gasteiger partial charge in [0.25, 0.3) is 5.56 Å². The van der Waals surface area contributed by atoms with E-state index in [-0.39, 0.29) is 5.56 Å². The number of aromatic nitrogens is 1. The van der Waals surface area contributed by atoms with Gasteiger partial charge in [-0.1, -0.05) is 6.07 Å². The first-order valence-corrected chi connectivity index (χ1v) is 8.47. The number of benzene rings is 1. The SMILES string of the molecule is CNC(=S)N(CCN(C)C)Cc1cc2c(C)cc(C)cc2[nH]c1=O. The molecule has 1 aromatic carbocycles. The highest BCUT2D eigenvalue weighted by Gasteiger charge is 2.13. The van der Waals surface area contributed by atoms with E-state index in [1.807, 2.05) is 45.1 Å². The predicted molar refractivity (Wildman–Crippen MR) is 105 cm³/mol. The van der Waals surface area contributed by atoms with Crippen molar-refractivity contribution < 1.29 is 0 Å². The number of rotatable bonds is 5. The number of hydrogen-bond acceptors (Lipinski definition) is 3. The molecule has 0 fully saturated rings. The fraction of sp³-hybridized carbons (Fsp3) is 0.444. The Labute approximate surface area is 148 Å². The van der Waals surface area contributed by atoms with E-state index in [2.05, 4.69) is 28.2 Å². The van der Waals surface area contributed by atoms with E-state index in [1.165, 1.54) is 5.56 Å². The van der Waals surface area contributed by atoms with Crippen molar-refractivity contribution >= 4 is 28.2 Å². The zero-order chi connectivity index (χ0) is 17.9. The lowest BCUT2D eigenvalue weighted by atomic mass is 10.0. The Hall–Kier alpha value is -1.92. The summed E-state index contributed by atoms with van der Waals surface area (Å²) in [5.74, 6) is 0. The standard InChI is InChI=1S/C18H26N4OS/c1-12-8-13(2)15-10-14(17(23)20-16(15)9-12)11-22(18(24)19-3)7-6-21(4)5/h8-10H,6-7,11H2,1-5H3,(H,19,24)(H,20,23). The van der Waals surface area contributed by atoms with Crippen molar-refractivity contribution in [3.05, 3.63) is 45.2 Å². The number of likely N-dealkylation sites (N-methyl/N-ethyl adjacent to an activating group) is 1. The third-order valence-electron chi connectivity index (χ3n) is 4.07. The number of H-pyrrole nitrogens is 1. The van der Waals surface area contributed by atoms with Crippen LogP contribution in [-0.2, 0) is 6.54 Å². The van der Waals surface area contributed by atoms with Gasteiger partial charge in [-0.25, -0.2) is 0 Å². The van der Waals surface area contributed by atoms with Crippen molar-refractivity contribution in [1.82, 2.24) is 20.1 Å². The molecule has 0 bridgehead atoms. The number of aryl methyl sites for hydroxylation is 2. The molecule has 130 valence electrons. The Bertz CT molecular complexity index is 797. The van der Waals surface area contributed by atoms with Gasteiger partial charge in [-0.2, -0.15) is 0 Å². The molecule has 0 saturated heterocycles. The summed E-state index contributed by atoms with van der Waals surface area (Å²) in [6.07, 6.45) is 0. The molecule has 0 aliphatic carbocycles. The Morgan fingerprint density at radius 3 is 2.54 bits per heavy atom. The Morgan fingerprint density at radius 1 is 1.21 bits per heavy atom. The number of thiocarbonyl (C=S) groups is 1. The van der Waals surface area contributed by atoms with Crippen molar-refractivity contribution in [1.29, 1.82) is 0 Å². The third kappa shape index (κ3) is 4.33. The maximum Gasteiger partial charge on any atom is 0.253 e. The molecular weight excluding hydrogens is 320 g/mol. The van der Waals surface area contributed by atoms with Crippen LogP contribution < -0.4 is 10.9 Å². The van der Waals surface area contributed by atoms with Gasteiger partial charge >= 0.3 is 0 Å². The first-order valence-electron chi connectivity index (χ1n) is 8.06. The van der Waals surface area contributed by atoms with Crippen LogP contribution in [0.5, 0.6) is 0 Å². The molecule has 0 unspecified atom stereocenters. The van der Waals surface area contributed by atoms with Crippen molar-refractivity contribution in [3.63, 3.8) is 0 Å². The van der Waals surface area contributed by atoms with E-state index in [4.69, 9.17) is 12.2 Å². The second-order valence-electron chi connectivity index (χ2n) is 6.45. The van der Waals surface area contributed by atoms with Gasteiger partial charge in [0, 0.05) is 36.6 Å². The summed E-state index contributed by atoms with van der Waals surface area (Å²) in [6, 6.07) is 6.13. The van der Waals surface area contributed by atoms with Crippen LogP contribution in [0.2, 0.25) is 0 Å². The van der Waals surface area contributed by atoms with E-state index in [0.29, 0.717) is 11.7 Å². The average Bonchev–Trinajstić information content (AvgIpc) is 2.51. The molecule has 2 rings (SSSR count). The van der Waals surface area contributed by atoms with Gasteiger partial charge in [-0.3, -0.25) is 4.79 Å². The minimum atomic E-state index is -0.0544. The summed E-state index contributed by atoms with van der Waals surface area (Å²) in [5.41, 5.74) is 3.87. The van der Waals surface area contributed by atoms with E-state index in [1.54, 1.807) is 0 Å². The molecule has 1 heterocycles. The fourth-order valence-corrected chi connectivity index (χ4v) is 2.93. The molecule has 1 aromatic heterocycles. The van der Waals surface area contributed by atoms with Crippen LogP contribution in [-0.4, -0.2) is 54.1 Å². The van der Waals surface area contributed by atoms with Crippen LogP contribution in [0.4, 0.5) is 0 Å². The second-order valence-corrected chi connectivity index (χ2v) is 6.83. The van der Waals surface area contributed by atoms with Gasteiger partial charge in [-0.15, -0.1) is 0 Å². The molecule has 0 radical (unpaired) electrons. The van der Waals surface area contributed by atoms with Crippen LogP contribution in [0.1, 0.15) is 16.7 Å². The monoisotopic (exact) mass is 346 g/mol. The summed E-state index contributed by atoms with van der Waals surface area (Å²) < 4.78 is 0. The predicted octanol–water partition coefficient (Wildman–Crippen LogP) is 2.01. The summed E-state index contributed by atoms with van der Waals surface area (Å²) in [6.45, 7) is 6.22.